The van der Waals surface area contributed by atoms with Gasteiger partial charge in [0.2, 0.25) is 0 Å². The van der Waals surface area contributed by atoms with Gasteiger partial charge in [-0.05, 0) is 44.1 Å². The van der Waals surface area contributed by atoms with Crippen molar-refractivity contribution in [1.82, 2.24) is 0 Å². The van der Waals surface area contributed by atoms with E-state index in [1.54, 1.807) is 6.08 Å². The third-order valence-corrected chi connectivity index (χ3v) is 2.84. The molecule has 16 heavy (non-hydrogen) atoms. The Labute approximate surface area is 101 Å². The zero-order chi connectivity index (χ0) is 12.4. The van der Waals surface area contributed by atoms with Gasteiger partial charge in [0.05, 0.1) is 0 Å². The first-order valence-electron chi connectivity index (χ1n) is 6.32. The minimum atomic E-state index is 0.492. The summed E-state index contributed by atoms with van der Waals surface area (Å²) >= 11 is 0. The highest BCUT2D eigenvalue weighted by Crippen LogP contribution is 2.28. The first-order valence-corrected chi connectivity index (χ1v) is 6.32. The van der Waals surface area contributed by atoms with Crippen molar-refractivity contribution in [3.8, 4) is 0 Å². The van der Waals surface area contributed by atoms with Crippen LogP contribution in [0.5, 0.6) is 0 Å². The van der Waals surface area contributed by atoms with Crippen LogP contribution in [0.2, 0.25) is 0 Å². The van der Waals surface area contributed by atoms with Crippen LogP contribution in [-0.4, -0.2) is 5.71 Å². The van der Waals surface area contributed by atoms with Gasteiger partial charge < -0.3 is 0 Å². The predicted molar refractivity (Wildman–Crippen MR) is 75.0 cm³/mol. The van der Waals surface area contributed by atoms with Gasteiger partial charge >= 0.3 is 0 Å². The summed E-state index contributed by atoms with van der Waals surface area (Å²) in [4.78, 5) is 4.34. The van der Waals surface area contributed by atoms with Gasteiger partial charge in [-0.2, -0.15) is 0 Å². The molecule has 0 unspecified atom stereocenters. The van der Waals surface area contributed by atoms with Crippen LogP contribution in [0.25, 0.3) is 0 Å². The van der Waals surface area contributed by atoms with Crippen LogP contribution < -0.4 is 0 Å². The largest absolute Gasteiger partial charge is 0.266 e. The molecule has 0 heterocycles. The monoisotopic (exact) mass is 221 g/mol. The average molecular weight is 221 g/mol. The van der Waals surface area contributed by atoms with Gasteiger partial charge in [0.25, 0.3) is 0 Å². The highest BCUT2D eigenvalue weighted by molar-refractivity contribution is 5.82. The minimum Gasteiger partial charge on any atom is -0.266 e. The molecular weight excluding hydrogens is 194 g/mol. The fraction of sp³-hybridized carbons (Fsp3) is 0.667. The van der Waals surface area contributed by atoms with Gasteiger partial charge in [-0.1, -0.05) is 39.8 Å². The summed E-state index contributed by atoms with van der Waals surface area (Å²) in [5.41, 5.74) is 1.71. The Hall–Kier alpha value is -0.850. The second-order valence-corrected chi connectivity index (χ2v) is 5.21. The Morgan fingerprint density at radius 3 is 2.56 bits per heavy atom. The summed E-state index contributed by atoms with van der Waals surface area (Å²) in [5.74, 6) is 0. The van der Waals surface area contributed by atoms with E-state index in [-0.39, 0.29) is 0 Å². The van der Waals surface area contributed by atoms with E-state index in [0.717, 1.165) is 6.42 Å². The van der Waals surface area contributed by atoms with E-state index in [2.05, 4.69) is 39.3 Å². The third-order valence-electron chi connectivity index (χ3n) is 2.84. The van der Waals surface area contributed by atoms with E-state index in [1.165, 1.54) is 31.4 Å². The Morgan fingerprint density at radius 2 is 2.00 bits per heavy atom. The average Bonchev–Trinajstić information content (AvgIpc) is 2.17. The van der Waals surface area contributed by atoms with Gasteiger partial charge in [-0.25, -0.2) is 0 Å². The molecule has 0 rings (SSSR count). The van der Waals surface area contributed by atoms with Crippen LogP contribution in [-0.2, 0) is 0 Å². The SMILES string of the molecule is C=C/C=C\N=C(/C)CCCC(C)(C)CCC. The molecule has 0 aliphatic carbocycles. The molecule has 1 nitrogen and oxygen atoms in total. The van der Waals surface area contributed by atoms with Crippen LogP contribution in [0.3, 0.4) is 0 Å². The molecule has 0 aliphatic heterocycles. The van der Waals surface area contributed by atoms with Crippen LogP contribution in [0.4, 0.5) is 0 Å². The molecule has 0 aliphatic rings. The number of rotatable bonds is 8. The van der Waals surface area contributed by atoms with Crippen molar-refractivity contribution in [3.05, 3.63) is 24.9 Å². The maximum atomic E-state index is 4.34. The Bertz CT molecular complexity index is 246. The van der Waals surface area contributed by atoms with E-state index in [9.17, 15) is 0 Å². The smallest absolute Gasteiger partial charge is 0.0266 e. The van der Waals surface area contributed by atoms with Crippen LogP contribution >= 0.6 is 0 Å². The molecule has 0 fully saturated rings. The first-order chi connectivity index (χ1) is 7.52. The van der Waals surface area contributed by atoms with Crippen molar-refractivity contribution in [1.29, 1.82) is 0 Å². The molecule has 0 spiro atoms. The summed E-state index contributed by atoms with van der Waals surface area (Å²) in [6.07, 6.45) is 11.7. The molecule has 0 saturated carbocycles. The zero-order valence-electron chi connectivity index (χ0n) is 11.4. The third kappa shape index (κ3) is 8.46. The summed E-state index contributed by atoms with van der Waals surface area (Å²) in [7, 11) is 0. The van der Waals surface area contributed by atoms with E-state index in [1.807, 2.05) is 12.3 Å². The van der Waals surface area contributed by atoms with Crippen molar-refractivity contribution >= 4 is 5.71 Å². The van der Waals surface area contributed by atoms with E-state index in [4.69, 9.17) is 0 Å². The van der Waals surface area contributed by atoms with Crippen molar-refractivity contribution in [2.75, 3.05) is 0 Å². The second kappa shape index (κ2) is 8.32. The lowest BCUT2D eigenvalue weighted by molar-refractivity contribution is 0.298. The standard InChI is InChI=1S/C15H27N/c1-6-8-13-16-14(3)10-9-12-15(4,5)11-7-2/h6,8,13H,1,7,9-12H2,2-5H3/b13-8-,16-14+. The number of hydrogen-bond acceptors (Lipinski definition) is 1. The predicted octanol–water partition coefficient (Wildman–Crippen LogP) is 5.14. The second-order valence-electron chi connectivity index (χ2n) is 5.21. The number of hydrogen-bond donors (Lipinski definition) is 0. The van der Waals surface area contributed by atoms with Crippen LogP contribution in [0.15, 0.2) is 29.9 Å². The lowest BCUT2D eigenvalue weighted by Crippen LogP contribution is -2.11. The summed E-state index contributed by atoms with van der Waals surface area (Å²) in [6, 6.07) is 0. The molecule has 0 saturated heterocycles. The lowest BCUT2D eigenvalue weighted by Gasteiger charge is -2.23. The fourth-order valence-electron chi connectivity index (χ4n) is 1.92. The molecule has 0 aromatic rings. The van der Waals surface area contributed by atoms with Gasteiger partial charge in [0.15, 0.2) is 0 Å². The summed E-state index contributed by atoms with van der Waals surface area (Å²) in [5, 5.41) is 0. The molecule has 0 aromatic carbocycles. The topological polar surface area (TPSA) is 12.4 Å². The lowest BCUT2D eigenvalue weighted by atomic mass is 9.83. The Morgan fingerprint density at radius 1 is 1.31 bits per heavy atom. The molecule has 0 aromatic heterocycles. The quantitative estimate of drug-likeness (QED) is 0.397. The van der Waals surface area contributed by atoms with Crippen molar-refractivity contribution < 1.29 is 0 Å². The zero-order valence-corrected chi connectivity index (χ0v) is 11.4. The van der Waals surface area contributed by atoms with Gasteiger partial charge in [-0.3, -0.25) is 4.99 Å². The molecule has 0 N–H and O–H groups in total. The first kappa shape index (κ1) is 15.2. The van der Waals surface area contributed by atoms with Crippen molar-refractivity contribution in [3.63, 3.8) is 0 Å². The highest BCUT2D eigenvalue weighted by atomic mass is 14.7. The molecule has 1 heteroatoms. The maximum absolute atomic E-state index is 4.34. The van der Waals surface area contributed by atoms with Crippen molar-refractivity contribution in [2.24, 2.45) is 10.4 Å². The number of aliphatic imine (C=N–C) groups is 1. The molecule has 0 amide bonds. The van der Waals surface area contributed by atoms with Crippen molar-refractivity contribution in [2.45, 2.75) is 59.8 Å². The fourth-order valence-corrected chi connectivity index (χ4v) is 1.92. The molecule has 0 atom stereocenters. The molecular formula is C15H27N. The van der Waals surface area contributed by atoms with E-state index < -0.39 is 0 Å². The Balaban J connectivity index is 3.84. The molecule has 0 radical (unpaired) electrons. The van der Waals surface area contributed by atoms with Crippen LogP contribution in [0.1, 0.15) is 59.8 Å². The summed E-state index contributed by atoms with van der Waals surface area (Å²) < 4.78 is 0. The highest BCUT2D eigenvalue weighted by Gasteiger charge is 2.15. The van der Waals surface area contributed by atoms with Gasteiger partial charge in [0, 0.05) is 11.9 Å². The summed E-state index contributed by atoms with van der Waals surface area (Å²) in [6.45, 7) is 12.7. The van der Waals surface area contributed by atoms with E-state index >= 15 is 0 Å². The van der Waals surface area contributed by atoms with Crippen LogP contribution in [0, 0.1) is 5.41 Å². The number of nitrogens with zero attached hydrogens (tertiary/aromatic N) is 1. The minimum absolute atomic E-state index is 0.492. The van der Waals surface area contributed by atoms with Gasteiger partial charge in [0.1, 0.15) is 0 Å². The number of allylic oxidation sites excluding steroid dienone is 2. The molecule has 0 bridgehead atoms. The van der Waals surface area contributed by atoms with Gasteiger partial charge in [-0.15, -0.1) is 0 Å². The maximum Gasteiger partial charge on any atom is 0.0266 e. The molecule has 92 valence electrons. The Kier molecular flexibility index (Phi) is 7.88. The normalized spacial score (nSPS) is 13.4. The van der Waals surface area contributed by atoms with E-state index in [0.29, 0.717) is 5.41 Å².